The van der Waals surface area contributed by atoms with Gasteiger partial charge in [-0.05, 0) is 73.2 Å². The first-order valence-corrected chi connectivity index (χ1v) is 10.7. The molecule has 3 aliphatic rings. The van der Waals surface area contributed by atoms with E-state index in [-0.39, 0.29) is 6.10 Å². The maximum atomic E-state index is 6.59. The van der Waals surface area contributed by atoms with Gasteiger partial charge in [0.2, 0.25) is 0 Å². The molecule has 0 saturated carbocycles. The highest BCUT2D eigenvalue weighted by Crippen LogP contribution is 2.43. The van der Waals surface area contributed by atoms with E-state index in [1.165, 1.54) is 6.42 Å². The van der Waals surface area contributed by atoms with E-state index in [2.05, 4.69) is 34.7 Å². The van der Waals surface area contributed by atoms with E-state index >= 15 is 0 Å². The van der Waals surface area contributed by atoms with Gasteiger partial charge < -0.3 is 13.9 Å². The molecule has 156 valence electrons. The molecule has 3 aromatic rings. The molecule has 0 amide bonds. The van der Waals surface area contributed by atoms with Crippen LogP contribution < -0.4 is 4.74 Å². The van der Waals surface area contributed by atoms with Gasteiger partial charge in [0.05, 0.1) is 25.0 Å². The molecule has 0 N–H and O–H groups in total. The molecule has 1 unspecified atom stereocenters. The second kappa shape index (κ2) is 8.25. The normalized spacial score (nSPS) is 26.6. The first-order chi connectivity index (χ1) is 14.8. The quantitative estimate of drug-likeness (QED) is 0.519. The summed E-state index contributed by atoms with van der Waals surface area (Å²) in [6, 6.07) is 12.3. The predicted molar refractivity (Wildman–Crippen MR) is 116 cm³/mol. The minimum atomic E-state index is -0.0683. The molecule has 5 heteroatoms. The maximum Gasteiger partial charge on any atom is 0.129 e. The maximum absolute atomic E-state index is 6.59. The van der Waals surface area contributed by atoms with Gasteiger partial charge in [0.1, 0.15) is 18.1 Å². The number of hydrogen-bond donors (Lipinski definition) is 0. The van der Waals surface area contributed by atoms with Crippen LogP contribution in [-0.4, -0.2) is 36.1 Å². The van der Waals surface area contributed by atoms with Crippen molar-refractivity contribution in [3.8, 4) is 5.75 Å². The first-order valence-electron chi connectivity index (χ1n) is 10.7. The van der Waals surface area contributed by atoms with Crippen LogP contribution in [-0.2, 0) is 11.3 Å². The van der Waals surface area contributed by atoms with Crippen LogP contribution in [0.3, 0.4) is 0 Å². The smallest absolute Gasteiger partial charge is 0.129 e. The Morgan fingerprint density at radius 3 is 3.00 bits per heavy atom. The van der Waals surface area contributed by atoms with Crippen molar-refractivity contribution >= 4 is 10.9 Å². The highest BCUT2D eigenvalue weighted by atomic mass is 16.5. The third kappa shape index (κ3) is 3.53. The molecule has 3 aliphatic heterocycles. The number of ether oxygens (including phenoxy) is 2. The Labute approximate surface area is 177 Å². The lowest BCUT2D eigenvalue weighted by Gasteiger charge is -2.51. The molecule has 3 saturated heterocycles. The molecule has 5 heterocycles. The summed E-state index contributed by atoms with van der Waals surface area (Å²) >= 11 is 0. The highest BCUT2D eigenvalue weighted by Gasteiger charge is 2.43. The summed E-state index contributed by atoms with van der Waals surface area (Å²) in [5, 5.41) is 1.09. The molecule has 0 aliphatic carbocycles. The molecule has 0 spiro atoms. The lowest BCUT2D eigenvalue weighted by Crippen LogP contribution is -2.55. The second-order valence-corrected chi connectivity index (χ2v) is 8.34. The standard InChI is InChI=1S/C25H28N2O3/c1-3-17-15-27-11-9-18(17)13-24(27)25(30-16-20-5-4-12-29-20)21-8-10-26-23-7-6-19(28-2)14-22(21)23/h3-8,10,12,14,17-18,24-25H,1,9,11,13,15-16H2,2H3/t17-,18-,24-,25+/m0/s1. The van der Waals surface area contributed by atoms with Crippen molar-refractivity contribution in [2.24, 2.45) is 11.8 Å². The Bertz CT molecular complexity index is 1020. The lowest BCUT2D eigenvalue weighted by molar-refractivity contribution is -0.0831. The lowest BCUT2D eigenvalue weighted by atomic mass is 9.73. The number of fused-ring (bicyclic) bond motifs is 4. The first kappa shape index (κ1) is 19.3. The van der Waals surface area contributed by atoms with E-state index in [1.807, 2.05) is 30.5 Å². The van der Waals surface area contributed by atoms with Gasteiger partial charge in [-0.2, -0.15) is 0 Å². The molecule has 0 radical (unpaired) electrons. The van der Waals surface area contributed by atoms with Crippen molar-refractivity contribution in [3.63, 3.8) is 0 Å². The number of methoxy groups -OCH3 is 1. The SMILES string of the molecule is C=C[C@H]1CN2CC[C@H]1C[C@H]2[C@H](OCc1ccco1)c1ccnc2ccc(OC)cc12. The van der Waals surface area contributed by atoms with Gasteiger partial charge >= 0.3 is 0 Å². The Balaban J connectivity index is 1.53. The second-order valence-electron chi connectivity index (χ2n) is 8.34. The molecular weight excluding hydrogens is 376 g/mol. The molecule has 6 rings (SSSR count). The van der Waals surface area contributed by atoms with Crippen molar-refractivity contribution in [3.05, 3.63) is 72.8 Å². The zero-order chi connectivity index (χ0) is 20.5. The Morgan fingerprint density at radius 2 is 2.27 bits per heavy atom. The van der Waals surface area contributed by atoms with Crippen molar-refractivity contribution in [1.29, 1.82) is 0 Å². The minimum absolute atomic E-state index is 0.0683. The van der Waals surface area contributed by atoms with Crippen molar-refractivity contribution < 1.29 is 13.9 Å². The van der Waals surface area contributed by atoms with E-state index in [0.29, 0.717) is 24.5 Å². The number of benzene rings is 1. The van der Waals surface area contributed by atoms with Gasteiger partial charge in [-0.3, -0.25) is 9.88 Å². The van der Waals surface area contributed by atoms with Crippen LogP contribution in [0.15, 0.2) is 65.9 Å². The molecule has 2 aromatic heterocycles. The number of furan rings is 1. The number of pyridine rings is 1. The highest BCUT2D eigenvalue weighted by molar-refractivity contribution is 5.84. The van der Waals surface area contributed by atoms with E-state index in [4.69, 9.17) is 13.9 Å². The molecule has 5 nitrogen and oxygen atoms in total. The Kier molecular flexibility index (Phi) is 5.32. The number of hydrogen-bond acceptors (Lipinski definition) is 5. The van der Waals surface area contributed by atoms with Gasteiger partial charge in [0, 0.05) is 24.2 Å². The predicted octanol–water partition coefficient (Wildman–Crippen LogP) is 4.99. The summed E-state index contributed by atoms with van der Waals surface area (Å²) in [6.45, 7) is 6.70. The van der Waals surface area contributed by atoms with Crippen molar-refractivity contribution in [2.45, 2.75) is 31.6 Å². The van der Waals surface area contributed by atoms with Crippen LogP contribution >= 0.6 is 0 Å². The fourth-order valence-electron chi connectivity index (χ4n) is 5.19. The number of nitrogens with zero attached hydrogens (tertiary/aromatic N) is 2. The van der Waals surface area contributed by atoms with Gasteiger partial charge in [-0.25, -0.2) is 0 Å². The van der Waals surface area contributed by atoms with E-state index < -0.39 is 0 Å². The van der Waals surface area contributed by atoms with Crippen LogP contribution in [0.4, 0.5) is 0 Å². The van der Waals surface area contributed by atoms with Gasteiger partial charge in [0.25, 0.3) is 0 Å². The molecule has 5 atom stereocenters. The summed E-state index contributed by atoms with van der Waals surface area (Å²) in [4.78, 5) is 7.16. The molecule has 1 aromatic carbocycles. The summed E-state index contributed by atoms with van der Waals surface area (Å²) in [7, 11) is 1.70. The topological polar surface area (TPSA) is 47.7 Å². The van der Waals surface area contributed by atoms with E-state index in [1.54, 1.807) is 13.4 Å². The summed E-state index contributed by atoms with van der Waals surface area (Å²) in [6.07, 6.45) is 8.01. The van der Waals surface area contributed by atoms with Crippen LogP contribution in [0, 0.1) is 11.8 Å². The third-order valence-electron chi connectivity index (χ3n) is 6.78. The monoisotopic (exact) mass is 404 g/mol. The van der Waals surface area contributed by atoms with Crippen LogP contribution in [0.1, 0.15) is 30.3 Å². The molecule has 3 fully saturated rings. The van der Waals surface area contributed by atoms with E-state index in [0.717, 1.165) is 47.5 Å². The van der Waals surface area contributed by atoms with Gasteiger partial charge in [-0.1, -0.05) is 6.08 Å². The van der Waals surface area contributed by atoms with Gasteiger partial charge in [0.15, 0.2) is 0 Å². The van der Waals surface area contributed by atoms with Crippen LogP contribution in [0.2, 0.25) is 0 Å². The Morgan fingerprint density at radius 1 is 1.33 bits per heavy atom. The zero-order valence-corrected chi connectivity index (χ0v) is 17.4. The van der Waals surface area contributed by atoms with Gasteiger partial charge in [-0.15, -0.1) is 6.58 Å². The number of aromatic nitrogens is 1. The third-order valence-corrected chi connectivity index (χ3v) is 6.78. The van der Waals surface area contributed by atoms with Crippen molar-refractivity contribution in [1.82, 2.24) is 9.88 Å². The zero-order valence-electron chi connectivity index (χ0n) is 17.4. The summed E-state index contributed by atoms with van der Waals surface area (Å²) < 4.78 is 17.6. The van der Waals surface area contributed by atoms with E-state index in [9.17, 15) is 0 Å². The largest absolute Gasteiger partial charge is 0.497 e. The molecular formula is C25H28N2O3. The average Bonchev–Trinajstić information content (AvgIpc) is 3.33. The fraction of sp³-hybridized carbons (Fsp3) is 0.400. The fourth-order valence-corrected chi connectivity index (χ4v) is 5.19. The number of rotatable bonds is 7. The minimum Gasteiger partial charge on any atom is -0.497 e. The summed E-state index contributed by atoms with van der Waals surface area (Å²) in [5.41, 5.74) is 2.12. The Hall–Kier alpha value is -2.63. The van der Waals surface area contributed by atoms with Crippen LogP contribution in [0.5, 0.6) is 5.75 Å². The van der Waals surface area contributed by atoms with Crippen LogP contribution in [0.25, 0.3) is 10.9 Å². The molecule has 2 bridgehead atoms. The summed E-state index contributed by atoms with van der Waals surface area (Å²) in [5.74, 6) is 2.93. The average molecular weight is 405 g/mol. The van der Waals surface area contributed by atoms with Crippen molar-refractivity contribution in [2.75, 3.05) is 20.2 Å². The molecule has 30 heavy (non-hydrogen) atoms. The number of piperidine rings is 3.